The summed E-state index contributed by atoms with van der Waals surface area (Å²) in [5.74, 6) is -3.80. The Labute approximate surface area is 311 Å². The molecular weight excluding hydrogens is 726 g/mol. The number of ether oxygens (including phenoxy) is 2. The number of nitrogens with zero attached hydrogens (tertiary/aromatic N) is 2. The molecule has 0 unspecified atom stereocenters. The molecule has 0 aromatic heterocycles. The molecule has 7 rings (SSSR count). The van der Waals surface area contributed by atoms with E-state index in [4.69, 9.17) is 9.47 Å². The topological polar surface area (TPSA) is 125 Å². The maximum Gasteiger partial charge on any atom is 0.306 e. The number of fused-ring (bicyclic) bond motifs is 2. The van der Waals surface area contributed by atoms with Crippen LogP contribution in [0.25, 0.3) is 0 Å². The summed E-state index contributed by atoms with van der Waals surface area (Å²) < 4.78 is 13.0. The summed E-state index contributed by atoms with van der Waals surface area (Å²) in [6, 6.07) is 21.9. The summed E-state index contributed by atoms with van der Waals surface area (Å²) in [6.07, 6.45) is 5.41. The first-order valence-electron chi connectivity index (χ1n) is 17.7. The first kappa shape index (κ1) is 35.8. The van der Waals surface area contributed by atoms with Gasteiger partial charge in [-0.3, -0.25) is 19.2 Å². The van der Waals surface area contributed by atoms with E-state index in [1.165, 1.54) is 4.90 Å². The summed E-state index contributed by atoms with van der Waals surface area (Å²) in [5.41, 5.74) is 2.57. The number of cyclic esters (lactones) is 1. The quantitative estimate of drug-likeness (QED) is 0.271. The van der Waals surface area contributed by atoms with E-state index in [-0.39, 0.29) is 26.0 Å². The van der Waals surface area contributed by atoms with Crippen LogP contribution < -0.4 is 10.2 Å². The van der Waals surface area contributed by atoms with Crippen LogP contribution in [0.2, 0.25) is 0 Å². The summed E-state index contributed by atoms with van der Waals surface area (Å²) in [5, 5.41) is 14.0. The van der Waals surface area contributed by atoms with E-state index in [0.29, 0.717) is 16.6 Å². The van der Waals surface area contributed by atoms with Crippen molar-refractivity contribution in [3.8, 4) is 0 Å². The molecule has 10 nitrogen and oxygen atoms in total. The van der Waals surface area contributed by atoms with Gasteiger partial charge in [-0.1, -0.05) is 101 Å². The highest BCUT2D eigenvalue weighted by atomic mass is 79.9. The fourth-order valence-corrected chi connectivity index (χ4v) is 8.89. The average Bonchev–Trinajstić information content (AvgIpc) is 3.75. The van der Waals surface area contributed by atoms with Gasteiger partial charge in [-0.05, 0) is 61.1 Å². The van der Waals surface area contributed by atoms with Crippen LogP contribution in [0.4, 0.5) is 5.69 Å². The maximum atomic E-state index is 15.4. The molecule has 52 heavy (non-hydrogen) atoms. The highest BCUT2D eigenvalue weighted by Gasteiger charge is 2.75. The van der Waals surface area contributed by atoms with Gasteiger partial charge in [0, 0.05) is 23.1 Å². The molecule has 3 amide bonds. The molecule has 270 valence electrons. The second-order valence-electron chi connectivity index (χ2n) is 14.0. The molecule has 5 bridgehead atoms. The lowest BCUT2D eigenvalue weighted by Crippen LogP contribution is -2.59. The van der Waals surface area contributed by atoms with Gasteiger partial charge in [-0.2, -0.15) is 0 Å². The minimum absolute atomic E-state index is 0.103. The van der Waals surface area contributed by atoms with Gasteiger partial charge in [0.15, 0.2) is 0 Å². The van der Waals surface area contributed by atoms with Crippen molar-refractivity contribution in [2.24, 2.45) is 11.8 Å². The number of aliphatic hydroxyl groups is 1. The monoisotopic (exact) mass is 767 g/mol. The Morgan fingerprint density at radius 1 is 0.962 bits per heavy atom. The molecule has 3 aromatic carbocycles. The number of rotatable bonds is 6. The first-order valence-corrected chi connectivity index (χ1v) is 18.5. The van der Waals surface area contributed by atoms with Crippen LogP contribution in [0, 0.1) is 25.7 Å². The molecule has 0 radical (unpaired) electrons. The third kappa shape index (κ3) is 6.50. The number of anilines is 1. The van der Waals surface area contributed by atoms with Crippen molar-refractivity contribution in [3.63, 3.8) is 0 Å². The lowest BCUT2D eigenvalue weighted by molar-refractivity contribution is -0.146. The van der Waals surface area contributed by atoms with E-state index < -0.39 is 72.0 Å². The normalized spacial score (nSPS) is 29.0. The standard InChI is InChI=1S/C41H42BrN3O7/c1-25-17-18-26(2)32(20-25)44-19-11-5-10-16-33(47)51-24-31(28-14-8-4-9-15-28)43-38(48)34-35-39(49)45(29(23-46)21-27-12-6-3-7-13-27)37(40(44)50)41(35)22-30(42)36(34)52-41/h3-9,11-15,17-18,20,22,29,31,34-37,46H,10,16,19,21,23-24H2,1-2H3,(H,43,48)/b11-5-/t29-,31-,34-,35+,36-,37-,41+/m1/s1. The number of halogens is 1. The molecule has 2 saturated heterocycles. The smallest absolute Gasteiger partial charge is 0.306 e. The summed E-state index contributed by atoms with van der Waals surface area (Å²) in [6.45, 7) is 3.50. The van der Waals surface area contributed by atoms with Gasteiger partial charge in [0.25, 0.3) is 5.91 Å². The molecule has 3 aromatic rings. The van der Waals surface area contributed by atoms with Crippen molar-refractivity contribution in [2.45, 2.75) is 62.9 Å². The van der Waals surface area contributed by atoms with Crippen molar-refractivity contribution >= 4 is 45.3 Å². The molecule has 11 heteroatoms. The summed E-state index contributed by atoms with van der Waals surface area (Å²) >= 11 is 3.65. The Bertz CT molecular complexity index is 1920. The Morgan fingerprint density at radius 2 is 1.69 bits per heavy atom. The molecule has 0 saturated carbocycles. The Hall–Kier alpha value is -4.58. The number of carbonyl (C=O) groups excluding carboxylic acids is 4. The third-order valence-electron chi connectivity index (χ3n) is 10.6. The van der Waals surface area contributed by atoms with Crippen LogP contribution in [0.15, 0.2) is 102 Å². The Balaban J connectivity index is 1.37. The number of hydrogen-bond donors (Lipinski definition) is 2. The lowest BCUT2D eigenvalue weighted by Gasteiger charge is -2.39. The number of nitrogens with one attached hydrogen (secondary N) is 1. The van der Waals surface area contributed by atoms with Crippen molar-refractivity contribution in [3.05, 3.63) is 124 Å². The highest BCUT2D eigenvalue weighted by molar-refractivity contribution is 9.11. The zero-order valence-electron chi connectivity index (χ0n) is 29.1. The summed E-state index contributed by atoms with van der Waals surface area (Å²) in [7, 11) is 0. The fourth-order valence-electron chi connectivity index (χ4n) is 8.15. The van der Waals surface area contributed by atoms with E-state index in [1.54, 1.807) is 11.0 Å². The number of aliphatic hydroxyl groups excluding tert-OH is 1. The van der Waals surface area contributed by atoms with Crippen LogP contribution in [0.3, 0.4) is 0 Å². The number of allylic oxidation sites excluding steroid dienone is 1. The van der Waals surface area contributed by atoms with E-state index in [2.05, 4.69) is 21.2 Å². The van der Waals surface area contributed by atoms with Gasteiger partial charge in [0.1, 0.15) is 24.4 Å². The summed E-state index contributed by atoms with van der Waals surface area (Å²) in [4.78, 5) is 61.0. The van der Waals surface area contributed by atoms with E-state index in [9.17, 15) is 14.7 Å². The maximum absolute atomic E-state index is 15.4. The molecule has 4 aliphatic heterocycles. The molecular formula is C41H42BrN3O7. The van der Waals surface area contributed by atoms with Crippen molar-refractivity contribution in [2.75, 3.05) is 24.7 Å². The third-order valence-corrected chi connectivity index (χ3v) is 11.3. The minimum Gasteiger partial charge on any atom is -0.463 e. The Kier molecular flexibility index (Phi) is 10.2. The predicted molar refractivity (Wildman–Crippen MR) is 198 cm³/mol. The number of esters is 1. The van der Waals surface area contributed by atoms with Gasteiger partial charge in [-0.25, -0.2) is 0 Å². The second-order valence-corrected chi connectivity index (χ2v) is 14.9. The number of carbonyl (C=O) groups is 4. The molecule has 7 atom stereocenters. The number of amides is 3. The molecule has 2 fully saturated rings. The van der Waals surface area contributed by atoms with Gasteiger partial charge < -0.3 is 29.7 Å². The van der Waals surface area contributed by atoms with E-state index >= 15 is 9.59 Å². The van der Waals surface area contributed by atoms with Crippen LogP contribution in [-0.2, 0) is 35.1 Å². The number of benzene rings is 3. The van der Waals surface area contributed by atoms with Gasteiger partial charge in [-0.15, -0.1) is 0 Å². The fraction of sp³-hybridized carbons (Fsp3) is 0.366. The SMILES string of the molecule is Cc1ccc(C)c(N2C/C=C\CCC(=O)OC[C@H](c3ccccc3)NC(=O)[C@H]3[C@@H]4O[C@@]5(C=C4Br)[C@@H]3C(=O)N([C@@H](CO)Cc3ccccc3)[C@@H]5C2=O)c1. The predicted octanol–water partition coefficient (Wildman–Crippen LogP) is 4.86. The van der Waals surface area contributed by atoms with Crippen LogP contribution in [0.1, 0.15) is 41.1 Å². The van der Waals surface area contributed by atoms with Gasteiger partial charge in [0.05, 0.1) is 30.5 Å². The highest BCUT2D eigenvalue weighted by Crippen LogP contribution is 2.59. The molecule has 4 heterocycles. The van der Waals surface area contributed by atoms with Gasteiger partial charge >= 0.3 is 5.97 Å². The van der Waals surface area contributed by atoms with E-state index in [1.807, 2.05) is 105 Å². The molecule has 2 N–H and O–H groups in total. The van der Waals surface area contributed by atoms with Crippen LogP contribution >= 0.6 is 15.9 Å². The van der Waals surface area contributed by atoms with E-state index in [0.717, 1.165) is 22.3 Å². The minimum atomic E-state index is -1.51. The average molecular weight is 769 g/mol. The van der Waals surface area contributed by atoms with Crippen molar-refractivity contribution in [1.82, 2.24) is 10.2 Å². The van der Waals surface area contributed by atoms with Crippen molar-refractivity contribution in [1.29, 1.82) is 0 Å². The molecule has 1 spiro atoms. The molecule has 4 aliphatic rings. The number of aryl methyl sites for hydroxylation is 2. The van der Waals surface area contributed by atoms with Gasteiger partial charge in [0.2, 0.25) is 11.8 Å². The Morgan fingerprint density at radius 3 is 2.42 bits per heavy atom. The second kappa shape index (κ2) is 14.8. The zero-order chi connectivity index (χ0) is 36.6. The zero-order valence-corrected chi connectivity index (χ0v) is 30.7. The number of likely N-dealkylation sites (tertiary alicyclic amines) is 1. The number of hydrogen-bond acceptors (Lipinski definition) is 7. The van der Waals surface area contributed by atoms with Crippen molar-refractivity contribution < 1.29 is 33.8 Å². The van der Waals surface area contributed by atoms with Crippen LogP contribution in [-0.4, -0.2) is 77.2 Å². The first-order chi connectivity index (χ1) is 25.1. The lowest BCUT2D eigenvalue weighted by atomic mass is 9.74. The van der Waals surface area contributed by atoms with Crippen LogP contribution in [0.5, 0.6) is 0 Å². The molecule has 0 aliphatic carbocycles. The largest absolute Gasteiger partial charge is 0.463 e.